The molecule has 0 N–H and O–H groups in total. The SMILES string of the molecule is CCOC=C([SiH3])c1ccccc1. The van der Waals surface area contributed by atoms with Gasteiger partial charge in [-0.05, 0) is 17.7 Å². The van der Waals surface area contributed by atoms with Gasteiger partial charge in [-0.25, -0.2) is 0 Å². The number of hydrogen-bond acceptors (Lipinski definition) is 1. The van der Waals surface area contributed by atoms with Gasteiger partial charge in [0.1, 0.15) is 0 Å². The van der Waals surface area contributed by atoms with Gasteiger partial charge in [-0.15, -0.1) is 0 Å². The van der Waals surface area contributed by atoms with Crippen molar-refractivity contribution in [2.75, 3.05) is 6.61 Å². The van der Waals surface area contributed by atoms with E-state index >= 15 is 0 Å². The summed E-state index contributed by atoms with van der Waals surface area (Å²) in [5, 5.41) is 1.30. The van der Waals surface area contributed by atoms with Crippen molar-refractivity contribution >= 4 is 15.4 Å². The molecular formula is C10H14OSi. The smallest absolute Gasteiger partial charge is 0.0845 e. The van der Waals surface area contributed by atoms with Gasteiger partial charge in [0.2, 0.25) is 0 Å². The topological polar surface area (TPSA) is 9.23 Å². The average molecular weight is 178 g/mol. The third-order valence-electron chi connectivity index (χ3n) is 1.66. The van der Waals surface area contributed by atoms with Crippen LogP contribution in [0.5, 0.6) is 0 Å². The molecule has 1 nitrogen and oxygen atoms in total. The van der Waals surface area contributed by atoms with Gasteiger partial charge >= 0.3 is 0 Å². The average Bonchev–Trinajstić information content (AvgIpc) is 2.15. The number of hydrogen-bond donors (Lipinski definition) is 0. The molecule has 0 saturated carbocycles. The zero-order chi connectivity index (χ0) is 8.81. The molecule has 2 heteroatoms. The first-order valence-electron chi connectivity index (χ1n) is 4.18. The fourth-order valence-electron chi connectivity index (χ4n) is 0.977. The Morgan fingerprint density at radius 3 is 2.67 bits per heavy atom. The van der Waals surface area contributed by atoms with Gasteiger partial charge in [-0.1, -0.05) is 30.3 Å². The molecule has 0 heterocycles. The Hall–Kier alpha value is -1.02. The summed E-state index contributed by atoms with van der Waals surface area (Å²) in [7, 11) is 1.03. The first kappa shape index (κ1) is 9.07. The molecular weight excluding hydrogens is 164 g/mol. The van der Waals surface area contributed by atoms with Crippen molar-refractivity contribution in [1.29, 1.82) is 0 Å². The van der Waals surface area contributed by atoms with Crippen LogP contribution < -0.4 is 0 Å². The Labute approximate surface area is 76.5 Å². The van der Waals surface area contributed by atoms with E-state index in [0.29, 0.717) is 0 Å². The second-order valence-electron chi connectivity index (χ2n) is 2.62. The summed E-state index contributed by atoms with van der Waals surface area (Å²) in [4.78, 5) is 0. The molecule has 0 aliphatic heterocycles. The van der Waals surface area contributed by atoms with E-state index in [0.717, 1.165) is 16.8 Å². The number of ether oxygens (including phenoxy) is 1. The Kier molecular flexibility index (Phi) is 3.61. The Morgan fingerprint density at radius 2 is 2.08 bits per heavy atom. The van der Waals surface area contributed by atoms with Gasteiger partial charge in [0, 0.05) is 10.2 Å². The minimum Gasteiger partial charge on any atom is -0.502 e. The van der Waals surface area contributed by atoms with Crippen molar-refractivity contribution in [3.05, 3.63) is 42.2 Å². The first-order valence-corrected chi connectivity index (χ1v) is 5.18. The molecule has 0 saturated heterocycles. The van der Waals surface area contributed by atoms with E-state index in [1.807, 2.05) is 31.4 Å². The molecule has 0 radical (unpaired) electrons. The van der Waals surface area contributed by atoms with Crippen molar-refractivity contribution in [2.45, 2.75) is 6.92 Å². The minimum atomic E-state index is 0.749. The normalized spacial score (nSPS) is 11.6. The zero-order valence-corrected chi connectivity index (χ0v) is 9.58. The van der Waals surface area contributed by atoms with E-state index in [4.69, 9.17) is 4.74 Å². The summed E-state index contributed by atoms with van der Waals surface area (Å²) in [6, 6.07) is 10.3. The highest BCUT2D eigenvalue weighted by atomic mass is 28.1. The van der Waals surface area contributed by atoms with Gasteiger partial charge in [0.25, 0.3) is 0 Å². The van der Waals surface area contributed by atoms with Gasteiger partial charge in [-0.2, -0.15) is 0 Å². The maximum Gasteiger partial charge on any atom is 0.0845 e. The summed E-state index contributed by atoms with van der Waals surface area (Å²) in [6.45, 7) is 2.74. The standard InChI is InChI=1S/C10H14OSi/c1-2-11-8-10(12)9-6-4-3-5-7-9/h3-8H,2H2,1,12H3. The highest BCUT2D eigenvalue weighted by Crippen LogP contribution is 2.09. The van der Waals surface area contributed by atoms with Crippen molar-refractivity contribution in [3.63, 3.8) is 0 Å². The molecule has 0 aromatic heterocycles. The number of rotatable bonds is 3. The van der Waals surface area contributed by atoms with Crippen LogP contribution in [-0.2, 0) is 4.74 Å². The van der Waals surface area contributed by atoms with Crippen molar-refractivity contribution in [3.8, 4) is 0 Å². The maximum absolute atomic E-state index is 5.22. The van der Waals surface area contributed by atoms with Crippen molar-refractivity contribution < 1.29 is 4.74 Å². The fraction of sp³-hybridized carbons (Fsp3) is 0.200. The van der Waals surface area contributed by atoms with E-state index in [9.17, 15) is 0 Å². The molecule has 0 aliphatic carbocycles. The van der Waals surface area contributed by atoms with Gasteiger partial charge < -0.3 is 4.74 Å². The predicted octanol–water partition coefficient (Wildman–Crippen LogP) is 1.39. The Morgan fingerprint density at radius 1 is 1.42 bits per heavy atom. The van der Waals surface area contributed by atoms with Crippen molar-refractivity contribution in [1.82, 2.24) is 0 Å². The summed E-state index contributed by atoms with van der Waals surface area (Å²) < 4.78 is 5.22. The van der Waals surface area contributed by atoms with Crippen LogP contribution in [0.3, 0.4) is 0 Å². The van der Waals surface area contributed by atoms with Crippen molar-refractivity contribution in [2.24, 2.45) is 0 Å². The van der Waals surface area contributed by atoms with Gasteiger partial charge in [-0.3, -0.25) is 0 Å². The molecule has 0 fully saturated rings. The summed E-state index contributed by atoms with van der Waals surface area (Å²) in [5.41, 5.74) is 1.28. The van der Waals surface area contributed by atoms with Gasteiger partial charge in [0.15, 0.2) is 0 Å². The second-order valence-corrected chi connectivity index (χ2v) is 3.70. The Balaban J connectivity index is 2.71. The van der Waals surface area contributed by atoms with Crippen LogP contribution in [0.2, 0.25) is 0 Å². The Bertz CT molecular complexity index is 254. The third-order valence-corrected chi connectivity index (χ3v) is 2.47. The second kappa shape index (κ2) is 4.77. The molecule has 0 aliphatic rings. The molecule has 0 spiro atoms. The van der Waals surface area contributed by atoms with Crippen LogP contribution in [0.15, 0.2) is 36.6 Å². The van der Waals surface area contributed by atoms with E-state index in [-0.39, 0.29) is 0 Å². The molecule has 1 aromatic rings. The lowest BCUT2D eigenvalue weighted by Gasteiger charge is -2.01. The zero-order valence-electron chi connectivity index (χ0n) is 7.58. The van der Waals surface area contributed by atoms with Crippen LogP contribution >= 0.6 is 0 Å². The molecule has 1 aromatic carbocycles. The maximum atomic E-state index is 5.22. The van der Waals surface area contributed by atoms with Crippen LogP contribution in [0.25, 0.3) is 5.20 Å². The molecule has 1 rings (SSSR count). The largest absolute Gasteiger partial charge is 0.502 e. The summed E-state index contributed by atoms with van der Waals surface area (Å²) >= 11 is 0. The summed E-state index contributed by atoms with van der Waals surface area (Å²) in [6.07, 6.45) is 1.86. The highest BCUT2D eigenvalue weighted by Gasteiger charge is 1.91. The van der Waals surface area contributed by atoms with Crippen LogP contribution in [0, 0.1) is 0 Å². The van der Waals surface area contributed by atoms with E-state index < -0.39 is 0 Å². The summed E-state index contributed by atoms with van der Waals surface area (Å²) in [5.74, 6) is 0. The third kappa shape index (κ3) is 2.55. The van der Waals surface area contributed by atoms with Crippen LogP contribution in [0.1, 0.15) is 12.5 Å². The highest BCUT2D eigenvalue weighted by molar-refractivity contribution is 6.42. The van der Waals surface area contributed by atoms with Gasteiger partial charge in [0.05, 0.1) is 12.9 Å². The van der Waals surface area contributed by atoms with Crippen LogP contribution in [-0.4, -0.2) is 16.8 Å². The van der Waals surface area contributed by atoms with E-state index in [1.54, 1.807) is 0 Å². The number of benzene rings is 1. The molecule has 0 amide bonds. The lowest BCUT2D eigenvalue weighted by molar-refractivity contribution is 0.271. The van der Waals surface area contributed by atoms with E-state index in [1.165, 1.54) is 10.8 Å². The molecule has 0 atom stereocenters. The molecule has 12 heavy (non-hydrogen) atoms. The molecule has 0 unspecified atom stereocenters. The lowest BCUT2D eigenvalue weighted by atomic mass is 10.2. The molecule has 64 valence electrons. The fourth-order valence-corrected chi connectivity index (χ4v) is 1.48. The predicted molar refractivity (Wildman–Crippen MR) is 56.0 cm³/mol. The van der Waals surface area contributed by atoms with E-state index in [2.05, 4.69) is 12.1 Å². The lowest BCUT2D eigenvalue weighted by Crippen LogP contribution is -1.85. The monoisotopic (exact) mass is 178 g/mol. The molecule has 0 bridgehead atoms. The van der Waals surface area contributed by atoms with Crippen LogP contribution in [0.4, 0.5) is 0 Å². The minimum absolute atomic E-state index is 0.749. The quantitative estimate of drug-likeness (QED) is 0.502. The first-order chi connectivity index (χ1) is 5.84.